The molecule has 1 saturated heterocycles. The summed E-state index contributed by atoms with van der Waals surface area (Å²) in [6.07, 6.45) is 3.78. The Morgan fingerprint density at radius 3 is 2.55 bits per heavy atom. The molecule has 0 aromatic heterocycles. The predicted molar refractivity (Wildman–Crippen MR) is 70.6 cm³/mol. The lowest BCUT2D eigenvalue weighted by Crippen LogP contribution is -2.67. The molecule has 2 rings (SSSR count). The number of piperidine rings is 1. The highest BCUT2D eigenvalue weighted by molar-refractivity contribution is 5.17. The first-order valence-corrected chi connectivity index (χ1v) is 6.71. The van der Waals surface area contributed by atoms with Gasteiger partial charge in [0.05, 0.1) is 26.1 Å². The van der Waals surface area contributed by atoms with Crippen LogP contribution in [0.15, 0.2) is 12.2 Å². The molecule has 0 radical (unpaired) electrons. The van der Waals surface area contributed by atoms with Crippen LogP contribution in [0.4, 0.5) is 0 Å². The van der Waals surface area contributed by atoms with Gasteiger partial charge in [-0.15, -0.1) is 0 Å². The van der Waals surface area contributed by atoms with Crippen LogP contribution < -0.4 is 0 Å². The molecule has 2 aliphatic rings. The average Bonchev–Trinajstić information content (AvgIpc) is 2.39. The fourth-order valence-corrected chi connectivity index (χ4v) is 3.35. The standard InChI is InChI=1S/C12H19N3O5/c1-2-10(6-16)13-8-11(14(17)18)4-3-5-12(7-11,9-13)15(19)20/h3-4,10,16H,2,5-9H2,1H3/t10-,11-,12+/m1/s1. The third-order valence-corrected chi connectivity index (χ3v) is 4.48. The first-order chi connectivity index (χ1) is 9.39. The van der Waals surface area contributed by atoms with Crippen molar-refractivity contribution >= 4 is 0 Å². The Hall–Kier alpha value is -1.54. The SMILES string of the molecule is CC[C@H](CO)N1C[C@@]2([N+](=O)[O-])C=CC[C@@]([N+](=O)[O-])(C1)C2. The van der Waals surface area contributed by atoms with Gasteiger partial charge in [-0.1, -0.05) is 13.0 Å². The number of nitro groups is 2. The van der Waals surface area contributed by atoms with Crippen LogP contribution in [0.2, 0.25) is 0 Å². The fraction of sp³-hybridized carbons (Fsp3) is 0.833. The summed E-state index contributed by atoms with van der Waals surface area (Å²) in [5, 5.41) is 32.3. The summed E-state index contributed by atoms with van der Waals surface area (Å²) >= 11 is 0. The second-order valence-electron chi connectivity index (χ2n) is 5.78. The number of aliphatic hydroxyl groups is 1. The van der Waals surface area contributed by atoms with E-state index in [1.807, 2.05) is 6.92 Å². The fourth-order valence-electron chi connectivity index (χ4n) is 3.35. The van der Waals surface area contributed by atoms with Crippen molar-refractivity contribution in [1.29, 1.82) is 0 Å². The highest BCUT2D eigenvalue weighted by atomic mass is 16.6. The van der Waals surface area contributed by atoms with Crippen LogP contribution in [-0.4, -0.2) is 56.7 Å². The van der Waals surface area contributed by atoms with Crippen LogP contribution in [0.3, 0.4) is 0 Å². The van der Waals surface area contributed by atoms with Gasteiger partial charge >= 0.3 is 0 Å². The van der Waals surface area contributed by atoms with Crippen molar-refractivity contribution in [2.75, 3.05) is 19.7 Å². The van der Waals surface area contributed by atoms with E-state index < -0.39 is 16.0 Å². The van der Waals surface area contributed by atoms with Gasteiger partial charge in [0.25, 0.3) is 5.54 Å². The van der Waals surface area contributed by atoms with Gasteiger partial charge in [-0.25, -0.2) is 0 Å². The van der Waals surface area contributed by atoms with Gasteiger partial charge < -0.3 is 5.11 Å². The van der Waals surface area contributed by atoms with Crippen LogP contribution in [0.25, 0.3) is 0 Å². The zero-order valence-electron chi connectivity index (χ0n) is 11.4. The van der Waals surface area contributed by atoms with E-state index in [0.29, 0.717) is 6.42 Å². The Balaban J connectivity index is 2.41. The number of hydrogen-bond donors (Lipinski definition) is 1. The molecule has 0 unspecified atom stereocenters. The molecule has 1 aliphatic heterocycles. The molecule has 1 fully saturated rings. The Morgan fingerprint density at radius 1 is 1.35 bits per heavy atom. The maximum Gasteiger partial charge on any atom is 0.259 e. The number of nitrogens with zero attached hydrogens (tertiary/aromatic N) is 3. The molecule has 8 nitrogen and oxygen atoms in total. The molecule has 1 aliphatic carbocycles. The summed E-state index contributed by atoms with van der Waals surface area (Å²) < 4.78 is 0. The van der Waals surface area contributed by atoms with E-state index in [0.717, 1.165) is 0 Å². The minimum absolute atomic E-state index is 0.0745. The van der Waals surface area contributed by atoms with Crippen molar-refractivity contribution in [3.05, 3.63) is 32.4 Å². The highest BCUT2D eigenvalue weighted by Gasteiger charge is 2.62. The number of likely N-dealkylation sites (tertiary alicyclic amines) is 1. The minimum Gasteiger partial charge on any atom is -0.395 e. The van der Waals surface area contributed by atoms with E-state index in [1.165, 1.54) is 6.08 Å². The van der Waals surface area contributed by atoms with Gasteiger partial charge in [-0.3, -0.25) is 25.1 Å². The second kappa shape index (κ2) is 5.10. The van der Waals surface area contributed by atoms with Crippen LogP contribution in [0, 0.1) is 20.2 Å². The quantitative estimate of drug-likeness (QED) is 0.446. The predicted octanol–water partition coefficient (Wildman–Crippen LogP) is 0.454. The van der Waals surface area contributed by atoms with Crippen molar-refractivity contribution in [2.24, 2.45) is 0 Å². The molecule has 2 bridgehead atoms. The lowest BCUT2D eigenvalue weighted by atomic mass is 9.71. The van der Waals surface area contributed by atoms with Gasteiger partial charge in [0, 0.05) is 22.3 Å². The van der Waals surface area contributed by atoms with Gasteiger partial charge in [0.2, 0.25) is 5.54 Å². The third kappa shape index (κ3) is 2.18. The first kappa shape index (κ1) is 14.9. The lowest BCUT2D eigenvalue weighted by molar-refractivity contribution is -0.620. The molecule has 0 saturated carbocycles. The summed E-state index contributed by atoms with van der Waals surface area (Å²) in [5.74, 6) is 0. The molecule has 8 heteroatoms. The lowest BCUT2D eigenvalue weighted by Gasteiger charge is -2.46. The number of aliphatic hydroxyl groups excluding tert-OH is 1. The van der Waals surface area contributed by atoms with E-state index in [2.05, 4.69) is 0 Å². The van der Waals surface area contributed by atoms with Gasteiger partial charge in [0.1, 0.15) is 0 Å². The molecule has 20 heavy (non-hydrogen) atoms. The van der Waals surface area contributed by atoms with Crippen LogP contribution >= 0.6 is 0 Å². The molecule has 0 aromatic carbocycles. The molecule has 1 heterocycles. The molecule has 3 atom stereocenters. The summed E-state index contributed by atoms with van der Waals surface area (Å²) in [7, 11) is 0. The van der Waals surface area contributed by atoms with Crippen LogP contribution in [0.1, 0.15) is 26.2 Å². The largest absolute Gasteiger partial charge is 0.395 e. The van der Waals surface area contributed by atoms with Gasteiger partial charge in [-0.05, 0) is 12.5 Å². The van der Waals surface area contributed by atoms with Crippen molar-refractivity contribution in [3.63, 3.8) is 0 Å². The maximum atomic E-state index is 11.5. The van der Waals surface area contributed by atoms with E-state index in [4.69, 9.17) is 0 Å². The molecule has 0 amide bonds. The van der Waals surface area contributed by atoms with Gasteiger partial charge in [-0.2, -0.15) is 0 Å². The summed E-state index contributed by atoms with van der Waals surface area (Å²) in [6, 6.07) is -0.277. The van der Waals surface area contributed by atoms with Gasteiger partial charge in [0.15, 0.2) is 0 Å². The summed E-state index contributed by atoms with van der Waals surface area (Å²) in [5.41, 5.74) is -2.73. The second-order valence-corrected chi connectivity index (χ2v) is 5.78. The normalized spacial score (nSPS) is 34.7. The van der Waals surface area contributed by atoms with Crippen molar-refractivity contribution in [2.45, 2.75) is 43.3 Å². The molecule has 0 spiro atoms. The van der Waals surface area contributed by atoms with E-state index >= 15 is 0 Å². The average molecular weight is 285 g/mol. The summed E-state index contributed by atoms with van der Waals surface area (Å²) in [6.45, 7) is 1.98. The Morgan fingerprint density at radius 2 is 2.05 bits per heavy atom. The smallest absolute Gasteiger partial charge is 0.259 e. The Labute approximate surface area is 116 Å². The van der Waals surface area contributed by atoms with Crippen molar-refractivity contribution < 1.29 is 15.0 Å². The molecular weight excluding hydrogens is 266 g/mol. The minimum atomic E-state index is -1.41. The molecule has 112 valence electrons. The molecule has 0 aromatic rings. The zero-order chi connectivity index (χ0) is 15.0. The van der Waals surface area contributed by atoms with Crippen molar-refractivity contribution in [1.82, 2.24) is 4.90 Å². The Bertz CT molecular complexity index is 450. The van der Waals surface area contributed by atoms with E-state index in [9.17, 15) is 25.3 Å². The topological polar surface area (TPSA) is 110 Å². The zero-order valence-corrected chi connectivity index (χ0v) is 11.4. The highest BCUT2D eigenvalue weighted by Crippen LogP contribution is 2.41. The van der Waals surface area contributed by atoms with Crippen LogP contribution in [-0.2, 0) is 0 Å². The number of hydrogen-bond acceptors (Lipinski definition) is 6. The van der Waals surface area contributed by atoms with Crippen molar-refractivity contribution in [3.8, 4) is 0 Å². The molecule has 1 N–H and O–H groups in total. The summed E-state index contributed by atoms with van der Waals surface area (Å²) in [4.78, 5) is 23.8. The molecular formula is C12H19N3O5. The number of rotatable bonds is 5. The van der Waals surface area contributed by atoms with E-state index in [-0.39, 0.29) is 43.5 Å². The Kier molecular flexibility index (Phi) is 3.79. The monoisotopic (exact) mass is 285 g/mol. The number of fused-ring (bicyclic) bond motifs is 2. The van der Waals surface area contributed by atoms with Crippen LogP contribution in [0.5, 0.6) is 0 Å². The van der Waals surface area contributed by atoms with E-state index in [1.54, 1.807) is 11.0 Å². The maximum absolute atomic E-state index is 11.5. The third-order valence-electron chi connectivity index (χ3n) is 4.48. The first-order valence-electron chi connectivity index (χ1n) is 6.71.